The molecule has 0 saturated heterocycles. The van der Waals surface area contributed by atoms with Crippen molar-refractivity contribution in [2.24, 2.45) is 0 Å². The average molecular weight is 343 g/mol. The molecule has 1 aromatic carbocycles. The number of benzene rings is 1. The predicted octanol–water partition coefficient (Wildman–Crippen LogP) is 4.88. The largest absolute Gasteiger partial charge is 0.308 e. The lowest BCUT2D eigenvalue weighted by atomic mass is 9.88. The zero-order chi connectivity index (χ0) is 16.9. The van der Waals surface area contributed by atoms with E-state index in [2.05, 4.69) is 6.07 Å². The molecule has 1 amide bonds. The highest BCUT2D eigenvalue weighted by Gasteiger charge is 2.34. The fourth-order valence-electron chi connectivity index (χ4n) is 3.39. The van der Waals surface area contributed by atoms with Crippen LogP contribution in [0.1, 0.15) is 67.8 Å². The summed E-state index contributed by atoms with van der Waals surface area (Å²) in [4.78, 5) is 25.7. The van der Waals surface area contributed by atoms with Crippen LogP contribution in [0.25, 0.3) is 5.70 Å². The number of thioether (sulfide) groups is 1. The topological polar surface area (TPSA) is 37.4 Å². The summed E-state index contributed by atoms with van der Waals surface area (Å²) in [5, 5.41) is 0.201. The summed E-state index contributed by atoms with van der Waals surface area (Å²) in [5.74, 6) is 1.09. The first kappa shape index (κ1) is 17.3. The smallest absolute Gasteiger partial charge is 0.258 e. The molecule has 24 heavy (non-hydrogen) atoms. The van der Waals surface area contributed by atoms with Crippen molar-refractivity contribution in [2.75, 3.05) is 12.3 Å². The number of nitrogens with zero attached hydrogens (tertiary/aromatic N) is 1. The fraction of sp³-hybridized carbons (Fsp3) is 0.500. The van der Waals surface area contributed by atoms with Gasteiger partial charge in [-0.3, -0.25) is 9.59 Å². The molecule has 1 heterocycles. The second-order valence-corrected chi connectivity index (χ2v) is 7.83. The maximum absolute atomic E-state index is 12.7. The van der Waals surface area contributed by atoms with E-state index in [1.54, 1.807) is 6.92 Å². The second kappa shape index (κ2) is 8.02. The van der Waals surface area contributed by atoms with Crippen LogP contribution in [-0.4, -0.2) is 28.2 Å². The normalized spacial score (nSPS) is 16.4. The number of carbonyl (C=O) groups excluding carboxylic acids is 2. The molecule has 4 heteroatoms. The van der Waals surface area contributed by atoms with Gasteiger partial charge in [0, 0.05) is 30.3 Å². The van der Waals surface area contributed by atoms with E-state index in [-0.39, 0.29) is 11.0 Å². The van der Waals surface area contributed by atoms with Crippen LogP contribution in [0.3, 0.4) is 0 Å². The number of amides is 1. The molecule has 1 aromatic rings. The molecule has 0 atom stereocenters. The zero-order valence-corrected chi connectivity index (χ0v) is 15.2. The number of rotatable bonds is 7. The van der Waals surface area contributed by atoms with Crippen LogP contribution >= 0.6 is 11.8 Å². The Labute approximate surface area is 148 Å². The Morgan fingerprint density at radius 3 is 2.46 bits per heavy atom. The molecule has 3 nitrogen and oxygen atoms in total. The Balaban J connectivity index is 1.56. The van der Waals surface area contributed by atoms with E-state index in [1.807, 2.05) is 23.1 Å². The van der Waals surface area contributed by atoms with Crippen molar-refractivity contribution >= 4 is 28.5 Å². The van der Waals surface area contributed by atoms with Crippen molar-refractivity contribution in [3.8, 4) is 0 Å². The minimum absolute atomic E-state index is 0.173. The minimum atomic E-state index is 0.173. The lowest BCUT2D eigenvalue weighted by Gasteiger charge is -2.26. The lowest BCUT2D eigenvalue weighted by Crippen LogP contribution is -2.26. The number of hydrogen-bond acceptors (Lipinski definition) is 3. The maximum Gasteiger partial charge on any atom is 0.258 e. The number of allylic oxidation sites excluding steroid dienone is 1. The van der Waals surface area contributed by atoms with Crippen molar-refractivity contribution in [3.05, 3.63) is 41.0 Å². The van der Waals surface area contributed by atoms with Gasteiger partial charge in [-0.25, -0.2) is 0 Å². The Bertz CT molecular complexity index is 659. The summed E-state index contributed by atoms with van der Waals surface area (Å²) in [6, 6.07) is 8.03. The monoisotopic (exact) mass is 343 g/mol. The number of fused-ring (bicyclic) bond motifs is 1. The second-order valence-electron chi connectivity index (χ2n) is 6.56. The highest BCUT2D eigenvalue weighted by atomic mass is 32.2. The van der Waals surface area contributed by atoms with Gasteiger partial charge in [-0.2, -0.15) is 0 Å². The molecule has 3 rings (SSSR count). The molecule has 1 aliphatic heterocycles. The van der Waals surface area contributed by atoms with Crippen LogP contribution < -0.4 is 0 Å². The third kappa shape index (κ3) is 3.75. The van der Waals surface area contributed by atoms with E-state index in [0.29, 0.717) is 0 Å². The van der Waals surface area contributed by atoms with Crippen molar-refractivity contribution < 1.29 is 9.59 Å². The molecule has 128 valence electrons. The molecule has 0 spiro atoms. The van der Waals surface area contributed by atoms with Gasteiger partial charge in [0.05, 0.1) is 5.70 Å². The molecule has 1 fully saturated rings. The molecule has 0 aromatic heterocycles. The van der Waals surface area contributed by atoms with Gasteiger partial charge in [-0.05, 0) is 43.7 Å². The van der Waals surface area contributed by atoms with Crippen LogP contribution in [0.5, 0.6) is 0 Å². The molecular weight excluding hydrogens is 318 g/mol. The van der Waals surface area contributed by atoms with Crippen LogP contribution in [0.4, 0.5) is 0 Å². The summed E-state index contributed by atoms with van der Waals surface area (Å²) in [6.45, 7) is 2.43. The van der Waals surface area contributed by atoms with Crippen molar-refractivity contribution in [3.63, 3.8) is 0 Å². The van der Waals surface area contributed by atoms with E-state index in [0.717, 1.165) is 61.9 Å². The highest BCUT2D eigenvalue weighted by Crippen LogP contribution is 2.41. The summed E-state index contributed by atoms with van der Waals surface area (Å²) in [7, 11) is 0. The third-order valence-corrected chi connectivity index (χ3v) is 5.70. The number of carbonyl (C=O) groups is 2. The van der Waals surface area contributed by atoms with Crippen molar-refractivity contribution in [1.82, 2.24) is 4.90 Å². The van der Waals surface area contributed by atoms with Gasteiger partial charge in [-0.1, -0.05) is 42.8 Å². The predicted molar refractivity (Wildman–Crippen MR) is 99.9 cm³/mol. The summed E-state index contributed by atoms with van der Waals surface area (Å²) in [5.41, 5.74) is 4.65. The van der Waals surface area contributed by atoms with Crippen molar-refractivity contribution in [2.45, 2.75) is 51.9 Å². The molecule has 2 aliphatic rings. The minimum Gasteiger partial charge on any atom is -0.308 e. The molecule has 0 radical (unpaired) electrons. The van der Waals surface area contributed by atoms with Gasteiger partial charge in [0.25, 0.3) is 5.91 Å². The van der Waals surface area contributed by atoms with E-state index in [1.165, 1.54) is 29.5 Å². The first-order valence-corrected chi connectivity index (χ1v) is 9.93. The number of unbranched alkanes of at least 4 members (excludes halogenated alkanes) is 3. The van der Waals surface area contributed by atoms with Crippen LogP contribution in [-0.2, 0) is 4.79 Å². The van der Waals surface area contributed by atoms with E-state index >= 15 is 0 Å². The quantitative estimate of drug-likeness (QED) is 0.662. The van der Waals surface area contributed by atoms with Gasteiger partial charge in [0.15, 0.2) is 5.12 Å². The van der Waals surface area contributed by atoms with Gasteiger partial charge in [0.1, 0.15) is 0 Å². The van der Waals surface area contributed by atoms with Gasteiger partial charge < -0.3 is 4.90 Å². The number of hydrogen-bond donors (Lipinski definition) is 0. The Kier molecular flexibility index (Phi) is 5.77. The Hall–Kier alpha value is -1.55. The SMILES string of the molecule is CC(=O)SCCCCCCN1C(=O)c2ccccc2C1=C1CCC1. The summed E-state index contributed by atoms with van der Waals surface area (Å²) >= 11 is 1.41. The van der Waals surface area contributed by atoms with Crippen LogP contribution in [0.15, 0.2) is 29.8 Å². The average Bonchev–Trinajstić information content (AvgIpc) is 2.78. The Morgan fingerprint density at radius 1 is 1.08 bits per heavy atom. The van der Waals surface area contributed by atoms with E-state index in [9.17, 15) is 9.59 Å². The summed E-state index contributed by atoms with van der Waals surface area (Å²) < 4.78 is 0. The first-order valence-electron chi connectivity index (χ1n) is 8.95. The maximum atomic E-state index is 12.7. The third-order valence-electron chi connectivity index (χ3n) is 4.80. The van der Waals surface area contributed by atoms with Gasteiger partial charge in [-0.15, -0.1) is 0 Å². The van der Waals surface area contributed by atoms with E-state index < -0.39 is 0 Å². The first-order chi connectivity index (χ1) is 11.7. The Morgan fingerprint density at radius 2 is 1.79 bits per heavy atom. The van der Waals surface area contributed by atoms with E-state index in [4.69, 9.17) is 0 Å². The van der Waals surface area contributed by atoms with Gasteiger partial charge >= 0.3 is 0 Å². The summed E-state index contributed by atoms with van der Waals surface area (Å²) in [6.07, 6.45) is 7.86. The van der Waals surface area contributed by atoms with Crippen molar-refractivity contribution in [1.29, 1.82) is 0 Å². The van der Waals surface area contributed by atoms with Crippen LogP contribution in [0, 0.1) is 0 Å². The molecule has 0 N–H and O–H groups in total. The standard InChI is InChI=1S/C20H25NO2S/c1-15(22)24-14-7-3-2-6-13-21-19(16-9-8-10-16)17-11-4-5-12-18(17)20(21)23/h4-5,11-12H,2-3,6-10,13-14H2,1H3. The molecule has 0 unspecified atom stereocenters. The highest BCUT2D eigenvalue weighted by molar-refractivity contribution is 8.13. The molecule has 0 bridgehead atoms. The van der Waals surface area contributed by atoms with Gasteiger partial charge in [0.2, 0.25) is 0 Å². The fourth-order valence-corrected chi connectivity index (χ4v) is 4.03. The molecule has 1 aliphatic carbocycles. The van der Waals surface area contributed by atoms with Crippen LogP contribution in [0.2, 0.25) is 0 Å². The molecule has 1 saturated carbocycles. The molecular formula is C20H25NO2S. The zero-order valence-electron chi connectivity index (χ0n) is 14.3. The lowest BCUT2D eigenvalue weighted by molar-refractivity contribution is -0.109.